The third-order valence-corrected chi connectivity index (χ3v) is 6.24. The summed E-state index contributed by atoms with van der Waals surface area (Å²) in [6, 6.07) is 39.0. The van der Waals surface area contributed by atoms with E-state index in [1.165, 1.54) is 0 Å². The van der Waals surface area contributed by atoms with Gasteiger partial charge in [0, 0.05) is 45.6 Å². The van der Waals surface area contributed by atoms with Crippen LogP contribution >= 0.6 is 0 Å². The van der Waals surface area contributed by atoms with Crippen molar-refractivity contribution in [2.75, 3.05) is 5.32 Å². The molecule has 0 spiro atoms. The number of hydrogen-bond donors (Lipinski definition) is 2. The van der Waals surface area contributed by atoms with Gasteiger partial charge in [-0.1, -0.05) is 54.6 Å². The van der Waals surface area contributed by atoms with Gasteiger partial charge in [0.05, 0.1) is 11.0 Å². The molecule has 0 unspecified atom stereocenters. The van der Waals surface area contributed by atoms with Crippen LogP contribution in [0.4, 0.5) is 17.1 Å². The molecule has 0 fully saturated rings. The zero-order valence-corrected chi connectivity index (χ0v) is 19.9. The molecule has 0 saturated heterocycles. The average Bonchev–Trinajstić information content (AvgIpc) is 2.93. The van der Waals surface area contributed by atoms with Gasteiger partial charge in [0.25, 0.3) is 0 Å². The Bertz CT molecular complexity index is 1770. The number of fused-ring (bicyclic) bond motifs is 2. The highest BCUT2D eigenvalue weighted by molar-refractivity contribution is 6.09. The van der Waals surface area contributed by atoms with Crippen molar-refractivity contribution in [1.29, 1.82) is 0 Å². The lowest BCUT2D eigenvalue weighted by Gasteiger charge is -2.18. The van der Waals surface area contributed by atoms with Crippen molar-refractivity contribution in [1.82, 2.24) is 0 Å². The van der Waals surface area contributed by atoms with Gasteiger partial charge in [0.2, 0.25) is 5.91 Å². The molecule has 5 nitrogen and oxygen atoms in total. The second-order valence-electron chi connectivity index (χ2n) is 8.72. The Balaban J connectivity index is 1.61. The largest absolute Gasteiger partial charge is 0.456 e. The molecular formula is C32H23N3O2. The molecule has 0 radical (unpaired) electrons. The summed E-state index contributed by atoms with van der Waals surface area (Å²) in [4.78, 5) is 17.1. The molecule has 6 rings (SSSR count). The molecule has 178 valence electrons. The molecule has 4 aromatic carbocycles. The molecule has 0 saturated carbocycles. The van der Waals surface area contributed by atoms with E-state index in [4.69, 9.17) is 15.1 Å². The number of rotatable bonds is 5. The van der Waals surface area contributed by atoms with Crippen LogP contribution in [0.15, 0.2) is 131 Å². The minimum Gasteiger partial charge on any atom is -0.456 e. The Hall–Kier alpha value is -5.16. The topological polar surface area (TPSA) is 80.6 Å². The van der Waals surface area contributed by atoms with Crippen molar-refractivity contribution in [3.63, 3.8) is 0 Å². The predicted molar refractivity (Wildman–Crippen MR) is 148 cm³/mol. The lowest BCUT2D eigenvalue weighted by atomic mass is 9.90. The van der Waals surface area contributed by atoms with Crippen molar-refractivity contribution in [2.45, 2.75) is 0 Å². The second kappa shape index (κ2) is 9.47. The van der Waals surface area contributed by atoms with Crippen LogP contribution in [0, 0.1) is 0 Å². The second-order valence-corrected chi connectivity index (χ2v) is 8.72. The molecule has 0 aromatic heterocycles. The molecule has 37 heavy (non-hydrogen) atoms. The number of carbonyl (C=O) groups is 1. The minimum absolute atomic E-state index is 0.459. The number of nitrogens with one attached hydrogen (secondary N) is 1. The molecule has 1 amide bonds. The van der Waals surface area contributed by atoms with E-state index in [9.17, 15) is 4.79 Å². The maximum atomic E-state index is 12.4. The number of nitrogens with zero attached hydrogens (tertiary/aromatic N) is 1. The lowest BCUT2D eigenvalue weighted by Crippen LogP contribution is -2.12. The van der Waals surface area contributed by atoms with Crippen LogP contribution in [-0.4, -0.2) is 5.91 Å². The van der Waals surface area contributed by atoms with Gasteiger partial charge in [0.15, 0.2) is 0 Å². The van der Waals surface area contributed by atoms with Crippen molar-refractivity contribution < 1.29 is 9.21 Å². The first kappa shape index (κ1) is 22.3. The van der Waals surface area contributed by atoms with Crippen LogP contribution in [0.5, 0.6) is 0 Å². The standard InChI is InChI=1S/C32H23N3O2/c33-32(36)26-14-8-7-13-25(26)31-27-17-15-23(34-21-9-3-1-4-10-21)19-29(27)37-30-20-24(16-18-28(30)31)35-22-11-5-2-6-12-22/h1-20,34H,(H2,33,36)/b35-24+. The molecule has 0 atom stereocenters. The number of benzene rings is 5. The maximum absolute atomic E-state index is 12.4. The van der Waals surface area contributed by atoms with Crippen LogP contribution in [0.25, 0.3) is 33.4 Å². The van der Waals surface area contributed by atoms with Gasteiger partial charge in [-0.25, -0.2) is 4.99 Å². The monoisotopic (exact) mass is 481 g/mol. The molecule has 1 heterocycles. The Labute approximate surface area is 213 Å². The summed E-state index contributed by atoms with van der Waals surface area (Å²) in [6.07, 6.45) is 0. The minimum atomic E-state index is -0.476. The maximum Gasteiger partial charge on any atom is 0.249 e. The summed E-state index contributed by atoms with van der Waals surface area (Å²) in [5.41, 5.74) is 12.2. The van der Waals surface area contributed by atoms with Crippen LogP contribution < -0.4 is 16.4 Å². The fourth-order valence-corrected chi connectivity index (χ4v) is 4.57. The van der Waals surface area contributed by atoms with E-state index in [-0.39, 0.29) is 0 Å². The van der Waals surface area contributed by atoms with Crippen molar-refractivity contribution in [3.05, 3.63) is 132 Å². The highest BCUT2D eigenvalue weighted by atomic mass is 16.3. The summed E-state index contributed by atoms with van der Waals surface area (Å²) < 4.78 is 6.45. The summed E-state index contributed by atoms with van der Waals surface area (Å²) in [6.45, 7) is 0. The number of para-hydroxylation sites is 2. The Kier molecular flexibility index (Phi) is 5.71. The molecule has 4 aromatic rings. The number of anilines is 2. The summed E-state index contributed by atoms with van der Waals surface area (Å²) in [5, 5.41) is 5.08. The molecule has 3 N–H and O–H groups in total. The number of amides is 1. The third kappa shape index (κ3) is 4.46. The summed E-state index contributed by atoms with van der Waals surface area (Å²) in [5.74, 6) is 0.187. The molecule has 1 aliphatic carbocycles. The molecule has 1 aliphatic heterocycles. The van der Waals surface area contributed by atoms with Crippen molar-refractivity contribution >= 4 is 33.9 Å². The predicted octanol–water partition coefficient (Wildman–Crippen LogP) is 7.28. The van der Waals surface area contributed by atoms with Gasteiger partial charge in [-0.15, -0.1) is 0 Å². The molecule has 5 heteroatoms. The number of nitrogens with two attached hydrogens (primary N) is 1. The highest BCUT2D eigenvalue weighted by Crippen LogP contribution is 2.41. The Morgan fingerprint density at radius 1 is 0.703 bits per heavy atom. The first-order valence-corrected chi connectivity index (χ1v) is 12.0. The van der Waals surface area contributed by atoms with Gasteiger partial charge in [-0.05, 0) is 60.2 Å². The number of primary amides is 1. The molecule has 0 bridgehead atoms. The fourth-order valence-electron chi connectivity index (χ4n) is 4.57. The first-order chi connectivity index (χ1) is 18.2. The van der Waals surface area contributed by atoms with E-state index in [2.05, 4.69) is 5.32 Å². The lowest BCUT2D eigenvalue weighted by molar-refractivity contribution is 0.100. The number of hydrogen-bond acceptors (Lipinski definition) is 4. The van der Waals surface area contributed by atoms with Gasteiger partial charge in [0.1, 0.15) is 11.3 Å². The van der Waals surface area contributed by atoms with Gasteiger partial charge in [-0.2, -0.15) is 0 Å². The SMILES string of the molecule is NC(=O)c1ccccc1-c1c2cc/c(=N\c3ccccc3)cc-2oc2cc(Nc3ccccc3)ccc12. The van der Waals surface area contributed by atoms with E-state index < -0.39 is 5.91 Å². The quantitative estimate of drug-likeness (QED) is 0.254. The molecule has 2 aliphatic rings. The van der Waals surface area contributed by atoms with Crippen LogP contribution in [0.1, 0.15) is 10.4 Å². The van der Waals surface area contributed by atoms with Gasteiger partial charge in [-0.3, -0.25) is 4.79 Å². The average molecular weight is 482 g/mol. The van der Waals surface area contributed by atoms with E-state index in [0.29, 0.717) is 16.9 Å². The summed E-state index contributed by atoms with van der Waals surface area (Å²) in [7, 11) is 0. The van der Waals surface area contributed by atoms with E-state index >= 15 is 0 Å². The normalized spacial score (nSPS) is 11.6. The molecular weight excluding hydrogens is 458 g/mol. The number of carbonyl (C=O) groups excluding carboxylic acids is 1. The van der Waals surface area contributed by atoms with Gasteiger partial charge >= 0.3 is 0 Å². The van der Waals surface area contributed by atoms with Gasteiger partial charge < -0.3 is 15.5 Å². The van der Waals surface area contributed by atoms with Crippen molar-refractivity contribution in [3.8, 4) is 22.5 Å². The summed E-state index contributed by atoms with van der Waals surface area (Å²) >= 11 is 0. The van der Waals surface area contributed by atoms with Crippen molar-refractivity contribution in [2.24, 2.45) is 10.7 Å². The Morgan fingerprint density at radius 3 is 2.22 bits per heavy atom. The van der Waals surface area contributed by atoms with E-state index in [0.717, 1.165) is 44.5 Å². The van der Waals surface area contributed by atoms with E-state index in [1.807, 2.05) is 115 Å². The Morgan fingerprint density at radius 2 is 1.43 bits per heavy atom. The van der Waals surface area contributed by atoms with Crippen LogP contribution in [-0.2, 0) is 0 Å². The highest BCUT2D eigenvalue weighted by Gasteiger charge is 2.20. The zero-order chi connectivity index (χ0) is 25.2. The van der Waals surface area contributed by atoms with E-state index in [1.54, 1.807) is 6.07 Å². The van der Waals surface area contributed by atoms with Crippen LogP contribution in [0.2, 0.25) is 0 Å². The third-order valence-electron chi connectivity index (χ3n) is 6.24. The smallest absolute Gasteiger partial charge is 0.249 e. The zero-order valence-electron chi connectivity index (χ0n) is 19.9. The van der Waals surface area contributed by atoms with Crippen LogP contribution in [0.3, 0.4) is 0 Å². The fraction of sp³-hybridized carbons (Fsp3) is 0. The first-order valence-electron chi connectivity index (χ1n) is 12.0.